The highest BCUT2D eigenvalue weighted by Crippen LogP contribution is 2.53. The molecule has 61 heavy (non-hydrogen) atoms. The van der Waals surface area contributed by atoms with Crippen molar-refractivity contribution in [3.63, 3.8) is 0 Å². The number of benzene rings is 8. The second-order valence-corrected chi connectivity index (χ2v) is 16.1. The van der Waals surface area contributed by atoms with Crippen molar-refractivity contribution in [3.8, 4) is 39.9 Å². The Hall–Kier alpha value is -7.89. The number of fused-ring (bicyclic) bond motifs is 7. The first-order chi connectivity index (χ1) is 30.0. The largest absolute Gasteiger partial charge is 0.311 e. The van der Waals surface area contributed by atoms with Crippen molar-refractivity contribution in [1.29, 1.82) is 0 Å². The Labute approximate surface area is 355 Å². The summed E-state index contributed by atoms with van der Waals surface area (Å²) >= 11 is 0. The zero-order valence-electron chi connectivity index (χ0n) is 33.9. The minimum atomic E-state index is -0.322. The smallest absolute Gasteiger partial charge is 0.238 e. The fourth-order valence-electron chi connectivity index (χ4n) is 9.10. The molecular formula is C56H41N5. The summed E-state index contributed by atoms with van der Waals surface area (Å²) < 4.78 is 2.28. The third kappa shape index (κ3) is 6.30. The Balaban J connectivity index is 0.996. The van der Waals surface area contributed by atoms with Crippen molar-refractivity contribution >= 4 is 51.0 Å². The van der Waals surface area contributed by atoms with E-state index in [1.54, 1.807) is 0 Å². The van der Waals surface area contributed by atoms with E-state index in [4.69, 9.17) is 15.0 Å². The summed E-state index contributed by atoms with van der Waals surface area (Å²) in [5.41, 5.74) is 14.5. The molecule has 0 fully saturated rings. The summed E-state index contributed by atoms with van der Waals surface area (Å²) in [6.45, 7) is 4.71. The number of hydrogen-bond donors (Lipinski definition) is 0. The molecule has 2 aromatic heterocycles. The van der Waals surface area contributed by atoms with Crippen molar-refractivity contribution in [2.75, 3.05) is 4.90 Å². The number of hydrogen-bond acceptors (Lipinski definition) is 4. The summed E-state index contributed by atoms with van der Waals surface area (Å²) in [4.78, 5) is 17.8. The van der Waals surface area contributed by atoms with Gasteiger partial charge in [-0.15, -0.1) is 0 Å². The Morgan fingerprint density at radius 3 is 1.59 bits per heavy atom. The quantitative estimate of drug-likeness (QED) is 0.144. The van der Waals surface area contributed by atoms with Crippen LogP contribution in [-0.2, 0) is 5.41 Å². The van der Waals surface area contributed by atoms with E-state index in [2.05, 4.69) is 199 Å². The molecule has 10 aromatic rings. The van der Waals surface area contributed by atoms with Crippen LogP contribution < -0.4 is 4.90 Å². The number of anilines is 3. The Bertz CT molecular complexity index is 3150. The van der Waals surface area contributed by atoms with Crippen LogP contribution in [0.5, 0.6) is 0 Å². The van der Waals surface area contributed by atoms with Crippen molar-refractivity contribution in [3.05, 3.63) is 222 Å². The van der Waals surface area contributed by atoms with Gasteiger partial charge in [-0.05, 0) is 75.8 Å². The molecule has 5 heteroatoms. The predicted molar refractivity (Wildman–Crippen MR) is 253 cm³/mol. The first-order valence-electron chi connectivity index (χ1n) is 20.8. The molecule has 11 rings (SSSR count). The van der Waals surface area contributed by atoms with Crippen LogP contribution in [0.15, 0.2) is 200 Å². The summed E-state index contributed by atoms with van der Waals surface area (Å²) in [7, 11) is 0. The van der Waals surface area contributed by atoms with Gasteiger partial charge >= 0.3 is 0 Å². The summed E-state index contributed by atoms with van der Waals surface area (Å²) in [6.07, 6.45) is 4.44. The van der Waals surface area contributed by atoms with Crippen molar-refractivity contribution < 1.29 is 0 Å². The van der Waals surface area contributed by atoms with Gasteiger partial charge in [-0.1, -0.05) is 184 Å². The average Bonchev–Trinajstić information content (AvgIpc) is 3.78. The molecule has 0 spiro atoms. The molecule has 0 bridgehead atoms. The summed E-state index contributed by atoms with van der Waals surface area (Å²) in [5, 5.41) is 2.35. The molecule has 0 amide bonds. The minimum Gasteiger partial charge on any atom is -0.311 e. The van der Waals surface area contributed by atoms with Crippen molar-refractivity contribution in [2.45, 2.75) is 19.3 Å². The third-order valence-electron chi connectivity index (χ3n) is 12.0. The molecule has 1 aliphatic rings. The van der Waals surface area contributed by atoms with E-state index >= 15 is 0 Å². The van der Waals surface area contributed by atoms with Gasteiger partial charge in [0.25, 0.3) is 0 Å². The van der Waals surface area contributed by atoms with Gasteiger partial charge < -0.3 is 4.90 Å². The number of rotatable bonds is 8. The SMILES string of the molecule is CC1(C)c2cc(C=Cc3ccc(N(c4ccccc4)c4ccccc4)cc3)ccc2-c2ccc3c4ccccc4n(-c4nc(-c5ccccc5)nc(-c5ccccc5)n4)c3c21. The highest BCUT2D eigenvalue weighted by Gasteiger charge is 2.39. The summed E-state index contributed by atoms with van der Waals surface area (Å²) in [6, 6.07) is 70.3. The molecule has 0 radical (unpaired) electrons. The van der Waals surface area contributed by atoms with Crippen LogP contribution in [0.2, 0.25) is 0 Å². The Morgan fingerprint density at radius 1 is 0.459 bits per heavy atom. The second-order valence-electron chi connectivity index (χ2n) is 16.1. The molecular weight excluding hydrogens is 743 g/mol. The zero-order valence-corrected chi connectivity index (χ0v) is 33.9. The van der Waals surface area contributed by atoms with Gasteiger partial charge in [0.2, 0.25) is 5.95 Å². The average molecular weight is 784 g/mol. The van der Waals surface area contributed by atoms with Crippen LogP contribution in [0, 0.1) is 0 Å². The third-order valence-corrected chi connectivity index (χ3v) is 12.0. The van der Waals surface area contributed by atoms with Crippen molar-refractivity contribution in [2.24, 2.45) is 0 Å². The number of aromatic nitrogens is 4. The second kappa shape index (κ2) is 14.7. The van der Waals surface area contributed by atoms with Crippen molar-refractivity contribution in [1.82, 2.24) is 19.5 Å². The standard InChI is InChI=1S/C56H41N5/c1-56(2)49-37-39(28-27-38-29-32-44(33-30-38)60(42-21-11-5-12-22-42)43-23-13-6-14-24-43)31-34-45(49)47-35-36-48-46-25-15-16-26-50(46)61(52(48)51(47)56)55-58-53(40-17-7-3-8-18-40)57-54(59-55)41-19-9-4-10-20-41/h3-37H,1-2H3. The lowest BCUT2D eigenvalue weighted by atomic mass is 9.81. The van der Waals surface area contributed by atoms with Crippen LogP contribution in [0.25, 0.3) is 73.8 Å². The van der Waals surface area contributed by atoms with Crippen LogP contribution >= 0.6 is 0 Å². The first kappa shape index (κ1) is 36.2. The molecule has 8 aromatic carbocycles. The van der Waals surface area contributed by atoms with Gasteiger partial charge in [0.15, 0.2) is 11.6 Å². The van der Waals surface area contributed by atoms with E-state index in [1.165, 1.54) is 33.0 Å². The van der Waals surface area contributed by atoms with Crippen LogP contribution in [0.3, 0.4) is 0 Å². The van der Waals surface area contributed by atoms with Gasteiger partial charge in [0.1, 0.15) is 0 Å². The highest BCUT2D eigenvalue weighted by atomic mass is 15.2. The molecule has 0 aliphatic heterocycles. The summed E-state index contributed by atoms with van der Waals surface area (Å²) in [5.74, 6) is 1.88. The molecule has 0 unspecified atom stereocenters. The number of para-hydroxylation sites is 3. The fraction of sp³-hybridized carbons (Fsp3) is 0.0536. The van der Waals surface area contributed by atoms with Gasteiger partial charge in [0.05, 0.1) is 11.0 Å². The Morgan fingerprint density at radius 2 is 0.967 bits per heavy atom. The lowest BCUT2D eigenvalue weighted by Crippen LogP contribution is -2.17. The maximum absolute atomic E-state index is 5.24. The topological polar surface area (TPSA) is 46.8 Å². The molecule has 0 N–H and O–H groups in total. The predicted octanol–water partition coefficient (Wildman–Crippen LogP) is 14.2. The molecule has 5 nitrogen and oxygen atoms in total. The monoisotopic (exact) mass is 783 g/mol. The van der Waals surface area contributed by atoms with E-state index < -0.39 is 0 Å². The van der Waals surface area contributed by atoms with E-state index in [1.807, 2.05) is 36.4 Å². The lowest BCUT2D eigenvalue weighted by Gasteiger charge is -2.25. The van der Waals surface area contributed by atoms with Gasteiger partial charge in [-0.2, -0.15) is 9.97 Å². The van der Waals surface area contributed by atoms with E-state index in [0.717, 1.165) is 50.3 Å². The highest BCUT2D eigenvalue weighted by molar-refractivity contribution is 6.13. The fourth-order valence-corrected chi connectivity index (χ4v) is 9.10. The maximum Gasteiger partial charge on any atom is 0.238 e. The maximum atomic E-state index is 5.24. The minimum absolute atomic E-state index is 0.322. The molecule has 0 saturated carbocycles. The van der Waals surface area contributed by atoms with Crippen LogP contribution in [0.1, 0.15) is 36.1 Å². The zero-order chi connectivity index (χ0) is 40.9. The van der Waals surface area contributed by atoms with E-state index in [0.29, 0.717) is 17.6 Å². The van der Waals surface area contributed by atoms with E-state index in [-0.39, 0.29) is 5.41 Å². The molecule has 1 aliphatic carbocycles. The number of nitrogens with zero attached hydrogens (tertiary/aromatic N) is 5. The van der Waals surface area contributed by atoms with E-state index in [9.17, 15) is 0 Å². The first-order valence-corrected chi connectivity index (χ1v) is 20.8. The van der Waals surface area contributed by atoms with Gasteiger partial charge in [-0.3, -0.25) is 4.57 Å². The molecule has 0 saturated heterocycles. The van der Waals surface area contributed by atoms with Gasteiger partial charge in [0, 0.05) is 44.4 Å². The lowest BCUT2D eigenvalue weighted by molar-refractivity contribution is 0.663. The van der Waals surface area contributed by atoms with Gasteiger partial charge in [-0.25, -0.2) is 4.98 Å². The molecule has 0 atom stereocenters. The Kier molecular flexibility index (Phi) is 8.75. The molecule has 2 heterocycles. The van der Waals surface area contributed by atoms with Crippen LogP contribution in [0.4, 0.5) is 17.1 Å². The molecule has 290 valence electrons. The normalized spacial score (nSPS) is 12.8. The van der Waals surface area contributed by atoms with Crippen LogP contribution in [-0.4, -0.2) is 19.5 Å².